The molecule has 1 aromatic carbocycles. The summed E-state index contributed by atoms with van der Waals surface area (Å²) in [6.45, 7) is 3.81. The van der Waals surface area contributed by atoms with Gasteiger partial charge in [-0.1, -0.05) is 25.1 Å². The maximum atomic E-state index is 8.58. The highest BCUT2D eigenvalue weighted by atomic mass is 16.5. The lowest BCUT2D eigenvalue weighted by molar-refractivity contribution is 0.274. The fourth-order valence-corrected chi connectivity index (χ4v) is 1.13. The second-order valence-corrected chi connectivity index (χ2v) is 2.85. The minimum Gasteiger partial charge on any atom is -0.476 e. The molecule has 1 atom stereocenters. The molecule has 0 aromatic heterocycles. The van der Waals surface area contributed by atoms with Gasteiger partial charge in [0.15, 0.2) is 6.10 Å². The van der Waals surface area contributed by atoms with Crippen molar-refractivity contribution in [2.75, 3.05) is 0 Å². The Morgan fingerprint density at radius 2 is 2.15 bits per heavy atom. The van der Waals surface area contributed by atoms with Crippen LogP contribution in [-0.2, 0) is 6.42 Å². The van der Waals surface area contributed by atoms with Crippen LogP contribution < -0.4 is 4.74 Å². The van der Waals surface area contributed by atoms with Gasteiger partial charge in [0.25, 0.3) is 0 Å². The zero-order valence-electron chi connectivity index (χ0n) is 7.95. The summed E-state index contributed by atoms with van der Waals surface area (Å²) >= 11 is 0. The van der Waals surface area contributed by atoms with Crippen molar-refractivity contribution in [3.63, 3.8) is 0 Å². The van der Waals surface area contributed by atoms with E-state index in [9.17, 15) is 0 Å². The van der Waals surface area contributed by atoms with Crippen molar-refractivity contribution in [2.24, 2.45) is 0 Å². The van der Waals surface area contributed by atoms with E-state index in [0.29, 0.717) is 0 Å². The summed E-state index contributed by atoms with van der Waals surface area (Å²) < 4.78 is 5.42. The fraction of sp³-hybridized carbons (Fsp3) is 0.364. The maximum absolute atomic E-state index is 8.58. The maximum Gasteiger partial charge on any atom is 0.181 e. The Morgan fingerprint density at radius 1 is 1.46 bits per heavy atom. The zero-order chi connectivity index (χ0) is 9.68. The van der Waals surface area contributed by atoms with Crippen molar-refractivity contribution in [1.29, 1.82) is 5.26 Å². The van der Waals surface area contributed by atoms with Crippen LogP contribution in [0.1, 0.15) is 19.4 Å². The van der Waals surface area contributed by atoms with E-state index in [-0.39, 0.29) is 6.10 Å². The number of para-hydroxylation sites is 1. The first-order valence-corrected chi connectivity index (χ1v) is 4.42. The summed E-state index contributed by atoms with van der Waals surface area (Å²) in [5.41, 5.74) is 1.14. The molecular weight excluding hydrogens is 162 g/mol. The second-order valence-electron chi connectivity index (χ2n) is 2.85. The van der Waals surface area contributed by atoms with Gasteiger partial charge in [-0.05, 0) is 25.0 Å². The molecular formula is C11H13NO. The van der Waals surface area contributed by atoms with Crippen LogP contribution in [0.3, 0.4) is 0 Å². The Kier molecular flexibility index (Phi) is 3.33. The molecule has 0 amide bonds. The summed E-state index contributed by atoms with van der Waals surface area (Å²) in [6, 6.07) is 9.84. The van der Waals surface area contributed by atoms with Crippen LogP contribution in [0.4, 0.5) is 0 Å². The summed E-state index contributed by atoms with van der Waals surface area (Å²) in [6.07, 6.45) is 0.543. The fourth-order valence-electron chi connectivity index (χ4n) is 1.13. The molecule has 0 spiro atoms. The zero-order valence-corrected chi connectivity index (χ0v) is 7.95. The first-order valence-electron chi connectivity index (χ1n) is 4.42. The molecule has 0 N–H and O–H groups in total. The van der Waals surface area contributed by atoms with Gasteiger partial charge < -0.3 is 4.74 Å². The van der Waals surface area contributed by atoms with Crippen LogP contribution >= 0.6 is 0 Å². The molecule has 0 heterocycles. The van der Waals surface area contributed by atoms with Crippen LogP contribution in [-0.4, -0.2) is 6.10 Å². The van der Waals surface area contributed by atoms with Gasteiger partial charge in [-0.15, -0.1) is 0 Å². The lowest BCUT2D eigenvalue weighted by atomic mass is 10.1. The predicted octanol–water partition coefficient (Wildman–Crippen LogP) is 2.54. The molecule has 0 bridgehead atoms. The Morgan fingerprint density at radius 3 is 2.77 bits per heavy atom. The van der Waals surface area contributed by atoms with Crippen molar-refractivity contribution < 1.29 is 4.74 Å². The molecule has 13 heavy (non-hydrogen) atoms. The quantitative estimate of drug-likeness (QED) is 0.707. The van der Waals surface area contributed by atoms with Crippen molar-refractivity contribution in [3.8, 4) is 11.8 Å². The molecule has 2 nitrogen and oxygen atoms in total. The molecule has 0 aliphatic carbocycles. The Hall–Kier alpha value is -1.49. The standard InChI is InChI=1S/C11H13NO/c1-3-10-6-4-5-7-11(10)13-9(2)8-12/h4-7,9H,3H2,1-2H3/t9-/m0/s1. The lowest BCUT2D eigenvalue weighted by Crippen LogP contribution is -2.09. The van der Waals surface area contributed by atoms with Crippen molar-refractivity contribution in [3.05, 3.63) is 29.8 Å². The third kappa shape index (κ3) is 2.48. The molecule has 0 saturated heterocycles. The molecule has 0 saturated carbocycles. The number of nitrogens with zero attached hydrogens (tertiary/aromatic N) is 1. The topological polar surface area (TPSA) is 33.0 Å². The Bertz CT molecular complexity index is 314. The molecule has 2 heteroatoms. The van der Waals surface area contributed by atoms with Gasteiger partial charge >= 0.3 is 0 Å². The van der Waals surface area contributed by atoms with Gasteiger partial charge in [0.05, 0.1) is 0 Å². The second kappa shape index (κ2) is 4.51. The Balaban J connectivity index is 2.82. The highest BCUT2D eigenvalue weighted by Crippen LogP contribution is 2.19. The van der Waals surface area contributed by atoms with Crippen LogP contribution in [0.25, 0.3) is 0 Å². The lowest BCUT2D eigenvalue weighted by Gasteiger charge is -2.10. The number of hydrogen-bond acceptors (Lipinski definition) is 2. The highest BCUT2D eigenvalue weighted by Gasteiger charge is 2.04. The number of benzene rings is 1. The Labute approximate surface area is 78.8 Å². The normalized spacial score (nSPS) is 11.8. The van der Waals surface area contributed by atoms with E-state index < -0.39 is 0 Å². The summed E-state index contributed by atoms with van der Waals surface area (Å²) in [7, 11) is 0. The average molecular weight is 175 g/mol. The van der Waals surface area contributed by atoms with E-state index in [0.717, 1.165) is 17.7 Å². The number of rotatable bonds is 3. The number of aryl methyl sites for hydroxylation is 1. The van der Waals surface area contributed by atoms with Crippen molar-refractivity contribution in [2.45, 2.75) is 26.4 Å². The highest BCUT2D eigenvalue weighted by molar-refractivity contribution is 5.33. The minimum atomic E-state index is -0.382. The van der Waals surface area contributed by atoms with Gasteiger partial charge in [-0.3, -0.25) is 0 Å². The number of hydrogen-bond donors (Lipinski definition) is 0. The number of nitriles is 1. The molecule has 0 fully saturated rings. The first-order chi connectivity index (χ1) is 6.27. The van der Waals surface area contributed by atoms with Gasteiger partial charge in [0, 0.05) is 0 Å². The first kappa shape index (κ1) is 9.60. The van der Waals surface area contributed by atoms with Crippen LogP contribution in [0.5, 0.6) is 5.75 Å². The molecule has 1 rings (SSSR count). The third-order valence-electron chi connectivity index (χ3n) is 1.84. The molecule has 0 radical (unpaired) electrons. The SMILES string of the molecule is CCc1ccccc1O[C@@H](C)C#N. The van der Waals surface area contributed by atoms with E-state index in [1.165, 1.54) is 0 Å². The third-order valence-corrected chi connectivity index (χ3v) is 1.84. The van der Waals surface area contributed by atoms with Crippen LogP contribution in [0.2, 0.25) is 0 Å². The van der Waals surface area contributed by atoms with Crippen molar-refractivity contribution >= 4 is 0 Å². The molecule has 0 aliphatic rings. The van der Waals surface area contributed by atoms with E-state index in [2.05, 4.69) is 6.92 Å². The minimum absolute atomic E-state index is 0.382. The monoisotopic (exact) mass is 175 g/mol. The van der Waals surface area contributed by atoms with Crippen molar-refractivity contribution in [1.82, 2.24) is 0 Å². The predicted molar refractivity (Wildman–Crippen MR) is 51.5 cm³/mol. The van der Waals surface area contributed by atoms with Gasteiger partial charge in [-0.2, -0.15) is 5.26 Å². The smallest absolute Gasteiger partial charge is 0.181 e. The van der Waals surface area contributed by atoms with Gasteiger partial charge in [0.2, 0.25) is 0 Å². The van der Waals surface area contributed by atoms with Crippen LogP contribution in [0, 0.1) is 11.3 Å². The van der Waals surface area contributed by atoms with Crippen LogP contribution in [0.15, 0.2) is 24.3 Å². The van der Waals surface area contributed by atoms with E-state index in [4.69, 9.17) is 10.00 Å². The van der Waals surface area contributed by atoms with E-state index in [1.807, 2.05) is 30.3 Å². The molecule has 0 unspecified atom stereocenters. The summed E-state index contributed by atoms with van der Waals surface area (Å²) in [5.74, 6) is 0.819. The average Bonchev–Trinajstić information content (AvgIpc) is 2.18. The molecule has 0 aliphatic heterocycles. The van der Waals surface area contributed by atoms with E-state index >= 15 is 0 Å². The molecule has 1 aromatic rings. The number of ether oxygens (including phenoxy) is 1. The van der Waals surface area contributed by atoms with Gasteiger partial charge in [-0.25, -0.2) is 0 Å². The molecule has 68 valence electrons. The van der Waals surface area contributed by atoms with E-state index in [1.54, 1.807) is 6.92 Å². The van der Waals surface area contributed by atoms with Gasteiger partial charge in [0.1, 0.15) is 11.8 Å². The largest absolute Gasteiger partial charge is 0.476 e. The summed E-state index contributed by atoms with van der Waals surface area (Å²) in [4.78, 5) is 0. The summed E-state index contributed by atoms with van der Waals surface area (Å²) in [5, 5.41) is 8.58.